The molecule has 0 spiro atoms. The lowest BCUT2D eigenvalue weighted by atomic mass is 9.92. The van der Waals surface area contributed by atoms with E-state index in [-0.39, 0.29) is 6.04 Å². The standard InChI is InChI=1S/C12H16F2N2/c13-9-5-6-10(11(14)7-9)12(16-15)8-3-1-2-4-8/h5-8,12,16H,1-4,15H2. The maximum atomic E-state index is 13.6. The third kappa shape index (κ3) is 2.23. The van der Waals surface area contributed by atoms with Crippen molar-refractivity contribution in [3.05, 3.63) is 35.4 Å². The van der Waals surface area contributed by atoms with E-state index in [0.29, 0.717) is 11.5 Å². The van der Waals surface area contributed by atoms with Crippen molar-refractivity contribution in [2.24, 2.45) is 11.8 Å². The zero-order valence-electron chi connectivity index (χ0n) is 9.05. The van der Waals surface area contributed by atoms with E-state index in [4.69, 9.17) is 5.84 Å². The average Bonchev–Trinajstić information content (AvgIpc) is 2.75. The predicted octanol–water partition coefficient (Wildman–Crippen LogP) is 2.66. The van der Waals surface area contributed by atoms with E-state index < -0.39 is 11.6 Å². The monoisotopic (exact) mass is 226 g/mol. The van der Waals surface area contributed by atoms with Gasteiger partial charge in [0.2, 0.25) is 0 Å². The quantitative estimate of drug-likeness (QED) is 0.614. The van der Waals surface area contributed by atoms with Crippen molar-refractivity contribution < 1.29 is 8.78 Å². The number of hydrogen-bond acceptors (Lipinski definition) is 2. The molecule has 2 nitrogen and oxygen atoms in total. The first-order chi connectivity index (χ1) is 7.72. The molecule has 88 valence electrons. The molecule has 1 saturated carbocycles. The van der Waals surface area contributed by atoms with Gasteiger partial charge in [0.1, 0.15) is 11.6 Å². The summed E-state index contributed by atoms with van der Waals surface area (Å²) in [6.07, 6.45) is 4.41. The largest absolute Gasteiger partial charge is 0.271 e. The molecule has 4 heteroatoms. The number of hydrazine groups is 1. The number of nitrogens with one attached hydrogen (secondary N) is 1. The summed E-state index contributed by atoms with van der Waals surface area (Å²) in [6.45, 7) is 0. The van der Waals surface area contributed by atoms with E-state index >= 15 is 0 Å². The molecule has 1 aromatic rings. The summed E-state index contributed by atoms with van der Waals surface area (Å²) in [5.74, 6) is 4.76. The molecule has 1 unspecified atom stereocenters. The Balaban J connectivity index is 2.25. The lowest BCUT2D eigenvalue weighted by Gasteiger charge is -2.23. The summed E-state index contributed by atoms with van der Waals surface area (Å²) >= 11 is 0. The van der Waals surface area contributed by atoms with Crippen molar-refractivity contribution in [1.82, 2.24) is 5.43 Å². The highest BCUT2D eigenvalue weighted by Gasteiger charge is 2.27. The Morgan fingerprint density at radius 1 is 1.25 bits per heavy atom. The predicted molar refractivity (Wildman–Crippen MR) is 58.4 cm³/mol. The van der Waals surface area contributed by atoms with Crippen LogP contribution >= 0.6 is 0 Å². The highest BCUT2D eigenvalue weighted by molar-refractivity contribution is 5.23. The van der Waals surface area contributed by atoms with Crippen LogP contribution in [-0.2, 0) is 0 Å². The molecule has 1 aromatic carbocycles. The molecule has 0 aliphatic heterocycles. The van der Waals surface area contributed by atoms with Crippen molar-refractivity contribution in [2.45, 2.75) is 31.7 Å². The molecule has 0 amide bonds. The van der Waals surface area contributed by atoms with Gasteiger partial charge < -0.3 is 0 Å². The SMILES string of the molecule is NNC(c1ccc(F)cc1F)C1CCCC1. The smallest absolute Gasteiger partial charge is 0.130 e. The van der Waals surface area contributed by atoms with Gasteiger partial charge in [-0.2, -0.15) is 0 Å². The van der Waals surface area contributed by atoms with Crippen LogP contribution in [0, 0.1) is 17.6 Å². The minimum atomic E-state index is -0.552. The van der Waals surface area contributed by atoms with E-state index in [1.807, 2.05) is 0 Å². The van der Waals surface area contributed by atoms with Gasteiger partial charge in [0.15, 0.2) is 0 Å². The van der Waals surface area contributed by atoms with Gasteiger partial charge in [-0.1, -0.05) is 18.9 Å². The fourth-order valence-electron chi connectivity index (χ4n) is 2.52. The topological polar surface area (TPSA) is 38.0 Å². The molecule has 0 heterocycles. The van der Waals surface area contributed by atoms with Crippen molar-refractivity contribution in [2.75, 3.05) is 0 Å². The van der Waals surface area contributed by atoms with Gasteiger partial charge in [0, 0.05) is 11.6 Å². The van der Waals surface area contributed by atoms with Crippen LogP contribution < -0.4 is 11.3 Å². The highest BCUT2D eigenvalue weighted by atomic mass is 19.1. The molecule has 0 aromatic heterocycles. The van der Waals surface area contributed by atoms with Gasteiger partial charge in [0.25, 0.3) is 0 Å². The molecule has 3 N–H and O–H groups in total. The molecule has 0 saturated heterocycles. The first-order valence-corrected chi connectivity index (χ1v) is 5.63. The van der Waals surface area contributed by atoms with E-state index in [2.05, 4.69) is 5.43 Å². The van der Waals surface area contributed by atoms with Gasteiger partial charge in [-0.25, -0.2) is 8.78 Å². The molecule has 1 aliphatic carbocycles. The van der Waals surface area contributed by atoms with Crippen molar-refractivity contribution >= 4 is 0 Å². The first-order valence-electron chi connectivity index (χ1n) is 5.63. The Morgan fingerprint density at radius 3 is 2.50 bits per heavy atom. The van der Waals surface area contributed by atoms with Gasteiger partial charge in [-0.05, 0) is 24.8 Å². The number of benzene rings is 1. The molecule has 2 rings (SSSR count). The van der Waals surface area contributed by atoms with Gasteiger partial charge in [0.05, 0.1) is 6.04 Å². The normalized spacial score (nSPS) is 18.9. The fourth-order valence-corrected chi connectivity index (χ4v) is 2.52. The maximum absolute atomic E-state index is 13.6. The molecule has 0 bridgehead atoms. The second-order valence-corrected chi connectivity index (χ2v) is 4.35. The van der Waals surface area contributed by atoms with Crippen LogP contribution in [0.15, 0.2) is 18.2 Å². The molecule has 1 fully saturated rings. The molecular formula is C12H16F2N2. The zero-order chi connectivity index (χ0) is 11.5. The first kappa shape index (κ1) is 11.5. The van der Waals surface area contributed by atoms with Gasteiger partial charge >= 0.3 is 0 Å². The van der Waals surface area contributed by atoms with Crippen molar-refractivity contribution in [3.63, 3.8) is 0 Å². The molecule has 16 heavy (non-hydrogen) atoms. The maximum Gasteiger partial charge on any atom is 0.130 e. The fraction of sp³-hybridized carbons (Fsp3) is 0.500. The Kier molecular flexibility index (Phi) is 3.51. The van der Waals surface area contributed by atoms with Crippen LogP contribution in [0.4, 0.5) is 8.78 Å². The van der Waals surface area contributed by atoms with Crippen LogP contribution in [-0.4, -0.2) is 0 Å². The van der Waals surface area contributed by atoms with Crippen molar-refractivity contribution in [1.29, 1.82) is 0 Å². The summed E-state index contributed by atoms with van der Waals surface area (Å²) in [4.78, 5) is 0. The van der Waals surface area contributed by atoms with E-state index in [0.717, 1.165) is 31.7 Å². The Hall–Kier alpha value is -1.00. The Bertz CT molecular complexity index is 362. The summed E-state index contributed by atoms with van der Waals surface area (Å²) in [5, 5.41) is 0. The summed E-state index contributed by atoms with van der Waals surface area (Å²) in [6, 6.07) is 3.46. The number of rotatable bonds is 3. The van der Waals surface area contributed by atoms with E-state index in [1.165, 1.54) is 12.1 Å². The van der Waals surface area contributed by atoms with E-state index in [9.17, 15) is 8.78 Å². The average molecular weight is 226 g/mol. The van der Waals surface area contributed by atoms with E-state index in [1.54, 1.807) is 0 Å². The number of halogens is 2. The number of nitrogens with two attached hydrogens (primary N) is 1. The molecule has 1 atom stereocenters. The third-order valence-electron chi connectivity index (χ3n) is 3.35. The van der Waals surface area contributed by atoms with Crippen LogP contribution in [0.3, 0.4) is 0 Å². The molecule has 0 radical (unpaired) electrons. The lowest BCUT2D eigenvalue weighted by Crippen LogP contribution is -2.33. The third-order valence-corrected chi connectivity index (χ3v) is 3.35. The minimum absolute atomic E-state index is 0.205. The van der Waals surface area contributed by atoms with Crippen molar-refractivity contribution in [3.8, 4) is 0 Å². The minimum Gasteiger partial charge on any atom is -0.271 e. The molecule has 1 aliphatic rings. The van der Waals surface area contributed by atoms with Crippen LogP contribution in [0.5, 0.6) is 0 Å². The second kappa shape index (κ2) is 4.89. The molecular weight excluding hydrogens is 210 g/mol. The summed E-state index contributed by atoms with van der Waals surface area (Å²) in [7, 11) is 0. The Labute approximate surface area is 93.8 Å². The number of hydrogen-bond donors (Lipinski definition) is 2. The lowest BCUT2D eigenvalue weighted by molar-refractivity contribution is 0.361. The highest BCUT2D eigenvalue weighted by Crippen LogP contribution is 2.36. The Morgan fingerprint density at radius 2 is 1.94 bits per heavy atom. The van der Waals surface area contributed by atoms with Crippen LogP contribution in [0.2, 0.25) is 0 Å². The van der Waals surface area contributed by atoms with Crippen LogP contribution in [0.1, 0.15) is 37.3 Å². The second-order valence-electron chi connectivity index (χ2n) is 4.35. The summed E-state index contributed by atoms with van der Waals surface area (Å²) < 4.78 is 26.4. The zero-order valence-corrected chi connectivity index (χ0v) is 9.05. The van der Waals surface area contributed by atoms with Gasteiger partial charge in [-0.15, -0.1) is 0 Å². The summed E-state index contributed by atoms with van der Waals surface area (Å²) in [5.41, 5.74) is 3.13. The van der Waals surface area contributed by atoms with Crippen LogP contribution in [0.25, 0.3) is 0 Å². The van der Waals surface area contributed by atoms with Gasteiger partial charge in [-0.3, -0.25) is 11.3 Å².